The Kier molecular flexibility index (Phi) is 4.55. The number of carbonyl (C=O) groups is 1. The normalized spacial score (nSPS) is 24.3. The molecule has 13 heavy (non-hydrogen) atoms. The number of hydrogen-bond donors (Lipinski definition) is 3. The number of nitrogens with one attached hydrogen (secondary N) is 2. The first-order valence-corrected chi connectivity index (χ1v) is 5.65. The lowest BCUT2D eigenvalue weighted by Crippen LogP contribution is -2.47. The molecule has 0 aromatic heterocycles. The quantitative estimate of drug-likeness (QED) is 0.580. The van der Waals surface area contributed by atoms with Crippen LogP contribution >= 0.6 is 11.8 Å². The van der Waals surface area contributed by atoms with Gasteiger partial charge in [0, 0.05) is 11.6 Å². The molecule has 76 valence electrons. The molecule has 0 aliphatic carbocycles. The van der Waals surface area contributed by atoms with E-state index in [1.54, 1.807) is 11.8 Å². The minimum absolute atomic E-state index is 0.00546. The highest BCUT2D eigenvalue weighted by Gasteiger charge is 2.23. The van der Waals surface area contributed by atoms with Crippen LogP contribution in [0.3, 0.4) is 0 Å². The average molecular weight is 204 g/mol. The molecule has 1 aliphatic heterocycles. The number of hydrogen-bond acceptors (Lipinski definition) is 4. The van der Waals surface area contributed by atoms with Crippen molar-refractivity contribution in [2.24, 2.45) is 0 Å². The van der Waals surface area contributed by atoms with Gasteiger partial charge in [-0.3, -0.25) is 10.1 Å². The summed E-state index contributed by atoms with van der Waals surface area (Å²) in [6.07, 6.45) is 0.766. The highest BCUT2D eigenvalue weighted by atomic mass is 32.2. The second-order valence-electron chi connectivity index (χ2n) is 3.07. The summed E-state index contributed by atoms with van der Waals surface area (Å²) in [7, 11) is 0. The summed E-state index contributed by atoms with van der Waals surface area (Å²) >= 11 is 1.72. The van der Waals surface area contributed by atoms with E-state index in [1.165, 1.54) is 0 Å². The summed E-state index contributed by atoms with van der Waals surface area (Å²) in [6.45, 7) is 1.96. The van der Waals surface area contributed by atoms with E-state index in [-0.39, 0.29) is 24.6 Å². The summed E-state index contributed by atoms with van der Waals surface area (Å²) < 4.78 is 0. The first-order valence-electron chi connectivity index (χ1n) is 4.50. The summed E-state index contributed by atoms with van der Waals surface area (Å²) in [6, 6.07) is -0.175. The van der Waals surface area contributed by atoms with E-state index in [0.717, 1.165) is 18.1 Å². The molecule has 0 radical (unpaired) electrons. The van der Waals surface area contributed by atoms with Gasteiger partial charge in [0.25, 0.3) is 0 Å². The van der Waals surface area contributed by atoms with Crippen LogP contribution in [0.4, 0.5) is 0 Å². The first kappa shape index (κ1) is 10.8. The van der Waals surface area contributed by atoms with Gasteiger partial charge in [0.05, 0.1) is 18.7 Å². The van der Waals surface area contributed by atoms with Crippen LogP contribution in [-0.4, -0.2) is 41.3 Å². The van der Waals surface area contributed by atoms with E-state index in [9.17, 15) is 4.79 Å². The maximum absolute atomic E-state index is 11.5. The van der Waals surface area contributed by atoms with Gasteiger partial charge in [-0.2, -0.15) is 0 Å². The van der Waals surface area contributed by atoms with Gasteiger partial charge in [0.2, 0.25) is 5.91 Å². The van der Waals surface area contributed by atoms with Crippen molar-refractivity contribution in [3.8, 4) is 0 Å². The number of amides is 1. The Labute approximate surface area is 82.5 Å². The monoisotopic (exact) mass is 204 g/mol. The standard InChI is InChI=1S/C8H16N2O2S/c1-2-6(3-11)10-8(12)7-4-13-5-9-7/h6-7,9,11H,2-5H2,1H3,(H,10,12)/t6-,7?/m1/s1. The van der Waals surface area contributed by atoms with Crippen LogP contribution < -0.4 is 10.6 Å². The fraction of sp³-hybridized carbons (Fsp3) is 0.875. The van der Waals surface area contributed by atoms with Crippen LogP contribution in [0.5, 0.6) is 0 Å². The molecule has 1 aliphatic rings. The zero-order valence-corrected chi connectivity index (χ0v) is 8.56. The summed E-state index contributed by atoms with van der Waals surface area (Å²) in [5.41, 5.74) is 0. The molecule has 1 heterocycles. The van der Waals surface area contributed by atoms with Gasteiger partial charge in [-0.25, -0.2) is 0 Å². The largest absolute Gasteiger partial charge is 0.394 e. The summed E-state index contributed by atoms with van der Waals surface area (Å²) in [5, 5.41) is 14.8. The van der Waals surface area contributed by atoms with Crippen LogP contribution in [0.25, 0.3) is 0 Å². The molecule has 1 saturated heterocycles. The zero-order valence-electron chi connectivity index (χ0n) is 7.75. The Morgan fingerprint density at radius 3 is 3.08 bits per heavy atom. The number of aliphatic hydroxyl groups is 1. The lowest BCUT2D eigenvalue weighted by molar-refractivity contribution is -0.123. The number of thioether (sulfide) groups is 1. The molecular formula is C8H16N2O2S. The fourth-order valence-corrected chi connectivity index (χ4v) is 2.08. The minimum atomic E-state index is -0.0973. The Balaban J connectivity index is 2.30. The highest BCUT2D eigenvalue weighted by Crippen LogP contribution is 2.09. The molecule has 1 fully saturated rings. The van der Waals surface area contributed by atoms with E-state index in [0.29, 0.717) is 0 Å². The lowest BCUT2D eigenvalue weighted by atomic mass is 10.2. The molecule has 5 heteroatoms. The van der Waals surface area contributed by atoms with Crippen molar-refractivity contribution in [3.05, 3.63) is 0 Å². The van der Waals surface area contributed by atoms with E-state index < -0.39 is 0 Å². The van der Waals surface area contributed by atoms with Crippen LogP contribution in [0.15, 0.2) is 0 Å². The van der Waals surface area contributed by atoms with Crippen LogP contribution in [0.2, 0.25) is 0 Å². The van der Waals surface area contributed by atoms with E-state index in [1.807, 2.05) is 6.92 Å². The summed E-state index contributed by atoms with van der Waals surface area (Å²) in [4.78, 5) is 11.5. The van der Waals surface area contributed by atoms with Gasteiger partial charge >= 0.3 is 0 Å². The van der Waals surface area contributed by atoms with Crippen LogP contribution in [0.1, 0.15) is 13.3 Å². The number of carbonyl (C=O) groups excluding carboxylic acids is 1. The van der Waals surface area contributed by atoms with Gasteiger partial charge in [-0.15, -0.1) is 11.8 Å². The lowest BCUT2D eigenvalue weighted by Gasteiger charge is -2.16. The third-order valence-corrected chi connectivity index (χ3v) is 3.03. The molecular weight excluding hydrogens is 188 g/mol. The smallest absolute Gasteiger partial charge is 0.238 e. The number of rotatable bonds is 4. The second-order valence-corrected chi connectivity index (χ2v) is 4.10. The van der Waals surface area contributed by atoms with Gasteiger partial charge in [0.1, 0.15) is 0 Å². The fourth-order valence-electron chi connectivity index (χ4n) is 1.14. The molecule has 4 nitrogen and oxygen atoms in total. The molecule has 2 atom stereocenters. The third kappa shape index (κ3) is 3.17. The molecule has 0 aromatic carbocycles. The molecule has 0 spiro atoms. The van der Waals surface area contributed by atoms with Gasteiger partial charge in [0.15, 0.2) is 0 Å². The van der Waals surface area contributed by atoms with Gasteiger partial charge in [-0.05, 0) is 6.42 Å². The Morgan fingerprint density at radius 2 is 2.62 bits per heavy atom. The highest BCUT2D eigenvalue weighted by molar-refractivity contribution is 7.99. The maximum Gasteiger partial charge on any atom is 0.238 e. The van der Waals surface area contributed by atoms with E-state index in [2.05, 4.69) is 10.6 Å². The van der Waals surface area contributed by atoms with Crippen LogP contribution in [0, 0.1) is 0 Å². The van der Waals surface area contributed by atoms with Crippen molar-refractivity contribution in [1.29, 1.82) is 0 Å². The van der Waals surface area contributed by atoms with Crippen molar-refractivity contribution in [3.63, 3.8) is 0 Å². The Bertz CT molecular complexity index is 168. The van der Waals surface area contributed by atoms with Crippen molar-refractivity contribution in [1.82, 2.24) is 10.6 Å². The molecule has 0 aromatic rings. The Hall–Kier alpha value is -0.260. The molecule has 1 rings (SSSR count). The molecule has 1 amide bonds. The summed E-state index contributed by atoms with van der Waals surface area (Å²) in [5.74, 6) is 1.67. The van der Waals surface area contributed by atoms with E-state index >= 15 is 0 Å². The maximum atomic E-state index is 11.5. The average Bonchev–Trinajstić information content (AvgIpc) is 2.66. The third-order valence-electron chi connectivity index (χ3n) is 2.09. The number of aliphatic hydroxyl groups excluding tert-OH is 1. The topological polar surface area (TPSA) is 61.4 Å². The molecule has 3 N–H and O–H groups in total. The van der Waals surface area contributed by atoms with E-state index in [4.69, 9.17) is 5.11 Å². The molecule has 1 unspecified atom stereocenters. The minimum Gasteiger partial charge on any atom is -0.394 e. The Morgan fingerprint density at radius 1 is 1.85 bits per heavy atom. The SMILES string of the molecule is CC[C@H](CO)NC(=O)C1CSCN1. The van der Waals surface area contributed by atoms with Crippen LogP contribution in [-0.2, 0) is 4.79 Å². The van der Waals surface area contributed by atoms with Gasteiger partial charge < -0.3 is 10.4 Å². The van der Waals surface area contributed by atoms with Crippen molar-refractivity contribution < 1.29 is 9.90 Å². The predicted molar refractivity (Wildman–Crippen MR) is 53.6 cm³/mol. The van der Waals surface area contributed by atoms with Crippen molar-refractivity contribution in [2.45, 2.75) is 25.4 Å². The molecule has 0 bridgehead atoms. The van der Waals surface area contributed by atoms with Gasteiger partial charge in [-0.1, -0.05) is 6.92 Å². The first-order chi connectivity index (χ1) is 6.27. The second kappa shape index (κ2) is 5.47. The van der Waals surface area contributed by atoms with Crippen molar-refractivity contribution in [2.75, 3.05) is 18.2 Å². The zero-order chi connectivity index (χ0) is 9.68. The predicted octanol–water partition coefficient (Wildman–Crippen LogP) is -0.464. The molecule has 0 saturated carbocycles. The van der Waals surface area contributed by atoms with Crippen molar-refractivity contribution >= 4 is 17.7 Å².